The lowest BCUT2D eigenvalue weighted by molar-refractivity contribution is 0.203. The Kier molecular flexibility index (Phi) is 5.94. The molecule has 0 N–H and O–H groups in total. The Morgan fingerprint density at radius 3 is 2.53 bits per heavy atom. The highest BCUT2D eigenvalue weighted by Gasteiger charge is 2.24. The minimum absolute atomic E-state index is 0.458. The topological polar surface area (TPSA) is 77.0 Å². The van der Waals surface area contributed by atoms with Crippen molar-refractivity contribution in [1.82, 2.24) is 39.7 Å². The van der Waals surface area contributed by atoms with Gasteiger partial charge in [0.15, 0.2) is 11.6 Å². The molecule has 10 heteroatoms. The van der Waals surface area contributed by atoms with Crippen LogP contribution in [0, 0.1) is 11.6 Å². The van der Waals surface area contributed by atoms with E-state index in [1.807, 2.05) is 24.4 Å². The molecule has 0 radical (unpaired) electrons. The Morgan fingerprint density at radius 2 is 1.78 bits per heavy atom. The molecule has 0 spiro atoms. The Balaban J connectivity index is 1.14. The molecular formula is C26H24F2N8. The van der Waals surface area contributed by atoms with Crippen LogP contribution in [0.5, 0.6) is 0 Å². The van der Waals surface area contributed by atoms with E-state index in [2.05, 4.69) is 36.5 Å². The number of nitrogens with zero attached hydrogens (tertiary/aromatic N) is 8. The van der Waals surface area contributed by atoms with Gasteiger partial charge in [-0.15, -0.1) is 5.10 Å². The van der Waals surface area contributed by atoms with Crippen molar-refractivity contribution in [1.29, 1.82) is 0 Å². The molecule has 36 heavy (non-hydrogen) atoms. The second-order valence-electron chi connectivity index (χ2n) is 9.09. The standard InChI is InChI=1S/C26H24F2N8/c27-23-6-4-19(14-24(23)28)26(35-13-10-30-33-35)20-3-5-21(29-15-20)17-34-11-7-18(8-12-34)22-16-32-36-25(22)2-1-9-31-36/h1-6,9-10,13-16,18,26H,7-8,11-12,17H2. The van der Waals surface area contributed by atoms with Crippen LogP contribution in [0.1, 0.15) is 47.2 Å². The third kappa shape index (κ3) is 4.35. The van der Waals surface area contributed by atoms with E-state index >= 15 is 0 Å². The van der Waals surface area contributed by atoms with Gasteiger partial charge in [0.2, 0.25) is 0 Å². The predicted molar refractivity (Wildman–Crippen MR) is 128 cm³/mol. The summed E-state index contributed by atoms with van der Waals surface area (Å²) in [7, 11) is 0. The van der Waals surface area contributed by atoms with Crippen molar-refractivity contribution in [3.8, 4) is 0 Å². The number of halogens is 2. The van der Waals surface area contributed by atoms with E-state index in [0.29, 0.717) is 11.5 Å². The van der Waals surface area contributed by atoms with Crippen LogP contribution < -0.4 is 0 Å². The van der Waals surface area contributed by atoms with Crippen LogP contribution in [0.15, 0.2) is 73.4 Å². The summed E-state index contributed by atoms with van der Waals surface area (Å²) in [5.74, 6) is -1.31. The molecule has 0 aliphatic carbocycles. The van der Waals surface area contributed by atoms with E-state index in [4.69, 9.17) is 0 Å². The number of hydrogen-bond acceptors (Lipinski definition) is 6. The third-order valence-electron chi connectivity index (χ3n) is 6.87. The van der Waals surface area contributed by atoms with Gasteiger partial charge in [0.25, 0.3) is 0 Å². The van der Waals surface area contributed by atoms with Crippen molar-refractivity contribution in [3.05, 3.63) is 107 Å². The molecule has 5 aromatic rings. The summed E-state index contributed by atoms with van der Waals surface area (Å²) in [6.07, 6.45) is 10.8. The normalized spacial score (nSPS) is 15.9. The van der Waals surface area contributed by atoms with Gasteiger partial charge in [-0.25, -0.2) is 13.5 Å². The van der Waals surface area contributed by atoms with Crippen molar-refractivity contribution >= 4 is 5.52 Å². The van der Waals surface area contributed by atoms with Crippen LogP contribution in [0.2, 0.25) is 0 Å². The van der Waals surface area contributed by atoms with Crippen molar-refractivity contribution in [2.45, 2.75) is 31.3 Å². The average molecular weight is 487 g/mol. The minimum atomic E-state index is -0.897. The van der Waals surface area contributed by atoms with Crippen molar-refractivity contribution in [3.63, 3.8) is 0 Å². The number of piperidine rings is 1. The summed E-state index contributed by atoms with van der Waals surface area (Å²) >= 11 is 0. The predicted octanol–water partition coefficient (Wildman–Crippen LogP) is 4.01. The number of rotatable bonds is 6. The molecule has 6 rings (SSSR count). The lowest BCUT2D eigenvalue weighted by Crippen LogP contribution is -2.32. The second kappa shape index (κ2) is 9.54. The van der Waals surface area contributed by atoms with Gasteiger partial charge in [0.05, 0.1) is 23.6 Å². The van der Waals surface area contributed by atoms with Crippen molar-refractivity contribution in [2.75, 3.05) is 13.1 Å². The molecule has 4 aromatic heterocycles. The third-order valence-corrected chi connectivity index (χ3v) is 6.87. The Labute approximate surface area is 206 Å². The summed E-state index contributed by atoms with van der Waals surface area (Å²) in [5, 5.41) is 16.6. The summed E-state index contributed by atoms with van der Waals surface area (Å²) < 4.78 is 30.8. The largest absolute Gasteiger partial charge is 0.297 e. The molecule has 1 atom stereocenters. The van der Waals surface area contributed by atoms with E-state index < -0.39 is 17.7 Å². The van der Waals surface area contributed by atoms with Crippen LogP contribution in [-0.2, 0) is 6.54 Å². The Hall–Kier alpha value is -4.05. The zero-order valence-corrected chi connectivity index (χ0v) is 19.5. The molecular weight excluding hydrogens is 462 g/mol. The maximum Gasteiger partial charge on any atom is 0.159 e. The quantitative estimate of drug-likeness (QED) is 0.361. The zero-order chi connectivity index (χ0) is 24.5. The molecule has 0 amide bonds. The number of aromatic nitrogens is 7. The first-order chi connectivity index (χ1) is 17.7. The molecule has 1 saturated heterocycles. The smallest absolute Gasteiger partial charge is 0.159 e. The molecule has 1 fully saturated rings. The highest BCUT2D eigenvalue weighted by atomic mass is 19.2. The summed E-state index contributed by atoms with van der Waals surface area (Å²) in [6.45, 7) is 2.70. The fourth-order valence-electron chi connectivity index (χ4n) is 5.02. The highest BCUT2D eigenvalue weighted by Crippen LogP contribution is 2.31. The fraction of sp³-hybridized carbons (Fsp3) is 0.269. The Morgan fingerprint density at radius 1 is 0.917 bits per heavy atom. The Bertz CT molecular complexity index is 1460. The van der Waals surface area contributed by atoms with Crippen LogP contribution >= 0.6 is 0 Å². The van der Waals surface area contributed by atoms with Gasteiger partial charge in [-0.3, -0.25) is 9.88 Å². The SMILES string of the molecule is Fc1ccc(C(c2ccc(CN3CCC(c4cnn5ncccc45)CC3)nc2)n2ccnn2)cc1F. The highest BCUT2D eigenvalue weighted by molar-refractivity contribution is 5.54. The van der Waals surface area contributed by atoms with Gasteiger partial charge >= 0.3 is 0 Å². The molecule has 8 nitrogen and oxygen atoms in total. The van der Waals surface area contributed by atoms with Crippen LogP contribution in [0.3, 0.4) is 0 Å². The lowest BCUT2D eigenvalue weighted by Gasteiger charge is -2.31. The monoisotopic (exact) mass is 486 g/mol. The van der Waals surface area contributed by atoms with E-state index in [9.17, 15) is 8.78 Å². The van der Waals surface area contributed by atoms with Gasteiger partial charge in [0.1, 0.15) is 6.04 Å². The molecule has 182 valence electrons. The van der Waals surface area contributed by atoms with Gasteiger partial charge in [-0.05, 0) is 73.3 Å². The maximum atomic E-state index is 14.0. The number of pyridine rings is 1. The number of fused-ring (bicyclic) bond motifs is 1. The molecule has 1 aliphatic rings. The van der Waals surface area contributed by atoms with Crippen LogP contribution in [0.4, 0.5) is 8.78 Å². The summed E-state index contributed by atoms with van der Waals surface area (Å²) in [5.41, 5.74) is 4.69. The molecule has 0 saturated carbocycles. The van der Waals surface area contributed by atoms with Gasteiger partial charge in [0, 0.05) is 30.7 Å². The summed E-state index contributed by atoms with van der Waals surface area (Å²) in [4.78, 5) is 7.10. The molecule has 1 aliphatic heterocycles. The van der Waals surface area contributed by atoms with E-state index in [0.717, 1.165) is 55.3 Å². The number of benzene rings is 1. The van der Waals surface area contributed by atoms with Gasteiger partial charge in [-0.2, -0.15) is 14.8 Å². The van der Waals surface area contributed by atoms with Crippen LogP contribution in [0.25, 0.3) is 5.52 Å². The van der Waals surface area contributed by atoms with Gasteiger partial charge in [-0.1, -0.05) is 17.3 Å². The molecule has 1 aromatic carbocycles. The zero-order valence-electron chi connectivity index (χ0n) is 19.5. The number of hydrogen-bond donors (Lipinski definition) is 0. The molecule has 1 unspecified atom stereocenters. The molecule has 0 bridgehead atoms. The lowest BCUT2D eigenvalue weighted by atomic mass is 9.90. The first-order valence-corrected chi connectivity index (χ1v) is 11.9. The fourth-order valence-corrected chi connectivity index (χ4v) is 5.02. The van der Waals surface area contributed by atoms with Crippen molar-refractivity contribution < 1.29 is 8.78 Å². The van der Waals surface area contributed by atoms with E-state index in [-0.39, 0.29) is 0 Å². The van der Waals surface area contributed by atoms with E-state index in [1.54, 1.807) is 40.2 Å². The number of likely N-dealkylation sites (tertiary alicyclic amines) is 1. The molecule has 5 heterocycles. The van der Waals surface area contributed by atoms with Crippen molar-refractivity contribution in [2.24, 2.45) is 0 Å². The van der Waals surface area contributed by atoms with Gasteiger partial charge < -0.3 is 0 Å². The average Bonchev–Trinajstić information content (AvgIpc) is 3.59. The van der Waals surface area contributed by atoms with Crippen LogP contribution in [-0.4, -0.2) is 52.8 Å². The first-order valence-electron chi connectivity index (χ1n) is 11.9. The second-order valence-corrected chi connectivity index (χ2v) is 9.09. The minimum Gasteiger partial charge on any atom is -0.297 e. The first kappa shape index (κ1) is 22.4. The van der Waals surface area contributed by atoms with E-state index in [1.165, 1.54) is 11.6 Å². The summed E-state index contributed by atoms with van der Waals surface area (Å²) in [6, 6.07) is 11.4. The maximum absolute atomic E-state index is 14.0.